The number of carbonyl (C=O) groups is 1. The van der Waals surface area contributed by atoms with Gasteiger partial charge in [-0.15, -0.1) is 11.8 Å². The van der Waals surface area contributed by atoms with Gasteiger partial charge in [-0.1, -0.05) is 52.3 Å². The van der Waals surface area contributed by atoms with Crippen LogP contribution in [0.2, 0.25) is 0 Å². The maximum Gasteiger partial charge on any atom is 0.324 e. The van der Waals surface area contributed by atoms with Crippen molar-refractivity contribution in [2.45, 2.75) is 12.8 Å². The third-order valence-electron chi connectivity index (χ3n) is 4.88. The van der Waals surface area contributed by atoms with E-state index in [2.05, 4.69) is 22.0 Å². The van der Waals surface area contributed by atoms with E-state index in [9.17, 15) is 10.1 Å². The lowest BCUT2D eigenvalue weighted by Crippen LogP contribution is -2.37. The number of halogens is 1. The molecule has 1 aliphatic heterocycles. The highest BCUT2D eigenvalue weighted by Gasteiger charge is 2.38. The quantitative estimate of drug-likeness (QED) is 0.643. The summed E-state index contributed by atoms with van der Waals surface area (Å²) >= 11 is 4.96. The normalized spacial score (nSPS) is 16.7. The maximum absolute atomic E-state index is 12.4. The number of ether oxygens (including phenoxy) is 1. The summed E-state index contributed by atoms with van der Waals surface area (Å²) < 4.78 is 6.47. The molecule has 1 heterocycles. The lowest BCUT2D eigenvalue weighted by atomic mass is 9.78. The summed E-state index contributed by atoms with van der Waals surface area (Å²) in [6.45, 7) is 1.85. The number of allylic oxidation sites excluding steroid dienone is 3. The van der Waals surface area contributed by atoms with E-state index in [4.69, 9.17) is 10.5 Å². The van der Waals surface area contributed by atoms with Gasteiger partial charge in [-0.25, -0.2) is 4.79 Å². The molecular formula is C22H20BrN3O2S. The smallest absolute Gasteiger partial charge is 0.324 e. The topological polar surface area (TPSA) is 79.3 Å². The third kappa shape index (κ3) is 3.66. The molecule has 1 atom stereocenters. The number of hydrogen-bond acceptors (Lipinski definition) is 4. The fourth-order valence-electron chi connectivity index (χ4n) is 3.69. The molecule has 2 amide bonds. The molecule has 0 bridgehead atoms. The minimum Gasteiger partial charge on any atom is -0.496 e. The van der Waals surface area contributed by atoms with Gasteiger partial charge in [0.2, 0.25) is 0 Å². The monoisotopic (exact) mass is 469 g/mol. The Balaban J connectivity index is 2.43. The highest BCUT2D eigenvalue weighted by atomic mass is 79.9. The van der Waals surface area contributed by atoms with Gasteiger partial charge >= 0.3 is 6.03 Å². The second-order valence-corrected chi connectivity index (χ2v) is 8.01. The fraction of sp³-hybridized carbons (Fsp3) is 0.182. The lowest BCUT2D eigenvalue weighted by Gasteiger charge is -2.36. The van der Waals surface area contributed by atoms with Crippen LogP contribution in [-0.4, -0.2) is 24.3 Å². The molecule has 0 aromatic heterocycles. The predicted octanol–water partition coefficient (Wildman–Crippen LogP) is 5.46. The standard InChI is InChI=1S/C22H20BrN3O2S/c1-13-19(15-9-5-7-11-18(15)28-2)20(14-8-4-6-10-17(14)23)16(12-24)21(29-3)26(13)22(25)27/h4-11,20H,1-3H3,(H2,25,27). The van der Waals surface area contributed by atoms with Gasteiger partial charge in [-0.05, 0) is 36.4 Å². The zero-order valence-electron chi connectivity index (χ0n) is 16.3. The average Bonchev–Trinajstić information content (AvgIpc) is 2.72. The van der Waals surface area contributed by atoms with Crippen LogP contribution in [0.25, 0.3) is 5.57 Å². The van der Waals surface area contributed by atoms with E-state index in [-0.39, 0.29) is 5.92 Å². The fourth-order valence-corrected chi connectivity index (χ4v) is 4.99. The highest BCUT2D eigenvalue weighted by molar-refractivity contribution is 9.10. The van der Waals surface area contributed by atoms with Crippen molar-refractivity contribution in [3.05, 3.63) is 80.4 Å². The van der Waals surface area contributed by atoms with Crippen LogP contribution in [0.3, 0.4) is 0 Å². The molecule has 1 aliphatic rings. The first-order chi connectivity index (χ1) is 14.0. The predicted molar refractivity (Wildman–Crippen MR) is 120 cm³/mol. The molecule has 7 heteroatoms. The van der Waals surface area contributed by atoms with Gasteiger partial charge in [0.05, 0.1) is 29.7 Å². The maximum atomic E-state index is 12.4. The average molecular weight is 470 g/mol. The van der Waals surface area contributed by atoms with Gasteiger partial charge in [0, 0.05) is 15.7 Å². The van der Waals surface area contributed by atoms with Crippen LogP contribution >= 0.6 is 27.7 Å². The Kier molecular flexibility index (Phi) is 6.36. The van der Waals surface area contributed by atoms with Crippen LogP contribution in [0.15, 0.2) is 69.3 Å². The summed E-state index contributed by atoms with van der Waals surface area (Å²) in [7, 11) is 1.60. The highest BCUT2D eigenvalue weighted by Crippen LogP contribution is 2.51. The first-order valence-corrected chi connectivity index (χ1v) is 10.8. The number of rotatable bonds is 4. The third-order valence-corrected chi connectivity index (χ3v) is 6.39. The van der Waals surface area contributed by atoms with Gasteiger partial charge in [0.25, 0.3) is 0 Å². The molecule has 2 aromatic carbocycles. The van der Waals surface area contributed by atoms with Crippen molar-refractivity contribution in [2.24, 2.45) is 5.73 Å². The van der Waals surface area contributed by atoms with Gasteiger partial charge < -0.3 is 10.5 Å². The van der Waals surface area contributed by atoms with E-state index in [1.807, 2.05) is 61.7 Å². The molecule has 29 heavy (non-hydrogen) atoms. The number of nitrogens with zero attached hydrogens (tertiary/aromatic N) is 2. The van der Waals surface area contributed by atoms with Gasteiger partial charge in [-0.2, -0.15) is 5.26 Å². The molecule has 0 saturated carbocycles. The number of amides is 2. The molecular weight excluding hydrogens is 450 g/mol. The van der Waals surface area contributed by atoms with Crippen LogP contribution in [0.5, 0.6) is 5.75 Å². The molecule has 5 nitrogen and oxygen atoms in total. The summed E-state index contributed by atoms with van der Waals surface area (Å²) in [6, 6.07) is 17.1. The molecule has 0 radical (unpaired) electrons. The van der Waals surface area contributed by atoms with Crippen molar-refractivity contribution >= 4 is 39.3 Å². The number of urea groups is 1. The first kappa shape index (κ1) is 21.0. The second-order valence-electron chi connectivity index (χ2n) is 6.36. The molecule has 0 saturated heterocycles. The number of hydrogen-bond donors (Lipinski definition) is 1. The Morgan fingerprint density at radius 1 is 1.24 bits per heavy atom. The van der Waals surface area contributed by atoms with Crippen LogP contribution < -0.4 is 10.5 Å². The van der Waals surface area contributed by atoms with E-state index >= 15 is 0 Å². The van der Waals surface area contributed by atoms with Crippen molar-refractivity contribution in [1.29, 1.82) is 5.26 Å². The minimum absolute atomic E-state index is 0.384. The number of nitrogens with two attached hydrogens (primary N) is 1. The van der Waals surface area contributed by atoms with Crippen molar-refractivity contribution in [3.63, 3.8) is 0 Å². The second kappa shape index (κ2) is 8.76. The van der Waals surface area contributed by atoms with Crippen LogP contribution in [0, 0.1) is 11.3 Å². The van der Waals surface area contributed by atoms with E-state index in [1.165, 1.54) is 16.7 Å². The van der Waals surface area contributed by atoms with Crippen molar-refractivity contribution < 1.29 is 9.53 Å². The van der Waals surface area contributed by atoms with Gasteiger partial charge in [0.15, 0.2) is 0 Å². The Morgan fingerprint density at radius 3 is 2.48 bits per heavy atom. The summed E-state index contributed by atoms with van der Waals surface area (Å²) in [5.74, 6) is 0.276. The zero-order chi connectivity index (χ0) is 21.1. The van der Waals surface area contributed by atoms with Gasteiger partial charge in [0.1, 0.15) is 5.75 Å². The summed E-state index contributed by atoms with van der Waals surface area (Å²) in [5.41, 5.74) is 9.41. The van der Waals surface area contributed by atoms with Crippen LogP contribution in [0.4, 0.5) is 4.79 Å². The number of benzene rings is 2. The molecule has 1 unspecified atom stereocenters. The van der Waals surface area contributed by atoms with E-state index in [0.29, 0.717) is 22.0 Å². The largest absolute Gasteiger partial charge is 0.496 e. The van der Waals surface area contributed by atoms with E-state index in [1.54, 1.807) is 7.11 Å². The number of nitriles is 1. The first-order valence-electron chi connectivity index (χ1n) is 8.82. The number of para-hydroxylation sites is 1. The van der Waals surface area contributed by atoms with E-state index < -0.39 is 6.03 Å². The SMILES string of the molecule is COc1ccccc1C1=C(C)N(C(N)=O)C(SC)=C(C#N)C1c1ccccc1Br. The molecule has 148 valence electrons. The zero-order valence-corrected chi connectivity index (χ0v) is 18.7. The van der Waals surface area contributed by atoms with Crippen LogP contribution in [-0.2, 0) is 0 Å². The van der Waals surface area contributed by atoms with Crippen molar-refractivity contribution in [2.75, 3.05) is 13.4 Å². The molecule has 0 fully saturated rings. The van der Waals surface area contributed by atoms with Crippen molar-refractivity contribution in [3.8, 4) is 11.8 Å². The number of carbonyl (C=O) groups excluding carboxylic acids is 1. The lowest BCUT2D eigenvalue weighted by molar-refractivity contribution is 0.231. The molecule has 0 spiro atoms. The summed E-state index contributed by atoms with van der Waals surface area (Å²) in [5, 5.41) is 10.7. The van der Waals surface area contributed by atoms with Gasteiger partial charge in [-0.3, -0.25) is 4.90 Å². The Hall–Kier alpha value is -2.69. The molecule has 2 aromatic rings. The molecule has 2 N–H and O–H groups in total. The molecule has 0 aliphatic carbocycles. The molecule has 3 rings (SSSR count). The summed E-state index contributed by atoms with van der Waals surface area (Å²) in [6.07, 6.45) is 1.83. The van der Waals surface area contributed by atoms with Crippen molar-refractivity contribution in [1.82, 2.24) is 4.90 Å². The van der Waals surface area contributed by atoms with E-state index in [0.717, 1.165) is 21.2 Å². The number of primary amides is 1. The Morgan fingerprint density at radius 2 is 1.90 bits per heavy atom. The Bertz CT molecular complexity index is 1070. The summed E-state index contributed by atoms with van der Waals surface area (Å²) in [4.78, 5) is 13.8. The minimum atomic E-state index is -0.627. The van der Waals surface area contributed by atoms with Crippen LogP contribution in [0.1, 0.15) is 24.0 Å². The number of thioether (sulfide) groups is 1. The Labute approximate surface area is 183 Å². The number of methoxy groups -OCH3 is 1.